The molecule has 0 saturated heterocycles. The minimum Gasteiger partial charge on any atom is -0.321 e. The highest BCUT2D eigenvalue weighted by molar-refractivity contribution is 6.31. The second-order valence-electron chi connectivity index (χ2n) is 6.29. The zero-order chi connectivity index (χ0) is 18.1. The molecule has 0 radical (unpaired) electrons. The normalized spacial score (nSPS) is 12.8. The first-order valence-corrected chi connectivity index (χ1v) is 8.76. The Labute approximate surface area is 156 Å². The Kier molecular flexibility index (Phi) is 4.20. The number of benzene rings is 3. The highest BCUT2D eigenvalue weighted by Crippen LogP contribution is 2.33. The monoisotopic (exact) mass is 358 g/mol. The van der Waals surface area contributed by atoms with Gasteiger partial charge >= 0.3 is 0 Å². The summed E-state index contributed by atoms with van der Waals surface area (Å²) < 4.78 is 0. The van der Waals surface area contributed by atoms with Gasteiger partial charge < -0.3 is 5.32 Å². The average Bonchev–Trinajstić information content (AvgIpc) is 3.06. The van der Waals surface area contributed by atoms with E-state index in [2.05, 4.69) is 17.4 Å². The van der Waals surface area contributed by atoms with Crippen LogP contribution in [-0.2, 0) is 17.6 Å². The van der Waals surface area contributed by atoms with Crippen molar-refractivity contribution in [2.24, 2.45) is 0 Å². The molecule has 4 rings (SSSR count). The van der Waals surface area contributed by atoms with Crippen LogP contribution in [0.15, 0.2) is 60.2 Å². The first kappa shape index (κ1) is 16.4. The predicted octanol–water partition coefficient (Wildman–Crippen LogP) is 5.14. The smallest absolute Gasteiger partial charge is 0.266 e. The summed E-state index contributed by atoms with van der Waals surface area (Å²) >= 11 is 5.94. The summed E-state index contributed by atoms with van der Waals surface area (Å²) in [6.45, 7) is 0. The van der Waals surface area contributed by atoms with E-state index in [-0.39, 0.29) is 5.57 Å². The first-order valence-electron chi connectivity index (χ1n) is 8.38. The Morgan fingerprint density at radius 2 is 1.85 bits per heavy atom. The van der Waals surface area contributed by atoms with Crippen molar-refractivity contribution in [2.75, 3.05) is 5.32 Å². The van der Waals surface area contributed by atoms with Gasteiger partial charge in [-0.3, -0.25) is 4.79 Å². The Hall–Kier alpha value is -3.09. The second-order valence-corrected chi connectivity index (χ2v) is 6.72. The number of carbonyl (C=O) groups excluding carboxylic acids is 1. The molecule has 0 spiro atoms. The number of aryl methyl sites for hydroxylation is 2. The molecule has 126 valence electrons. The van der Waals surface area contributed by atoms with Crippen molar-refractivity contribution < 1.29 is 4.79 Å². The van der Waals surface area contributed by atoms with Gasteiger partial charge in [0.25, 0.3) is 5.91 Å². The number of nitrogens with zero attached hydrogens (tertiary/aromatic N) is 1. The van der Waals surface area contributed by atoms with Crippen LogP contribution in [0, 0.1) is 11.3 Å². The van der Waals surface area contributed by atoms with Gasteiger partial charge in [-0.25, -0.2) is 0 Å². The van der Waals surface area contributed by atoms with Crippen molar-refractivity contribution in [1.29, 1.82) is 5.26 Å². The van der Waals surface area contributed by atoms with Crippen molar-refractivity contribution in [3.63, 3.8) is 0 Å². The lowest BCUT2D eigenvalue weighted by atomic mass is 9.98. The molecule has 26 heavy (non-hydrogen) atoms. The van der Waals surface area contributed by atoms with E-state index in [0.29, 0.717) is 10.7 Å². The summed E-state index contributed by atoms with van der Waals surface area (Å²) in [6, 6.07) is 19.2. The number of anilines is 1. The molecule has 0 fully saturated rings. The van der Waals surface area contributed by atoms with E-state index in [1.165, 1.54) is 16.5 Å². The van der Waals surface area contributed by atoms with Gasteiger partial charge in [-0.05, 0) is 64.6 Å². The largest absolute Gasteiger partial charge is 0.321 e. The van der Waals surface area contributed by atoms with Crippen LogP contribution in [0.2, 0.25) is 5.02 Å². The molecule has 1 amide bonds. The van der Waals surface area contributed by atoms with Crippen molar-refractivity contribution >= 4 is 40.0 Å². The number of amides is 1. The Morgan fingerprint density at radius 1 is 1.08 bits per heavy atom. The van der Waals surface area contributed by atoms with Crippen LogP contribution in [0.4, 0.5) is 5.69 Å². The average molecular weight is 359 g/mol. The fourth-order valence-electron chi connectivity index (χ4n) is 3.46. The molecule has 3 aromatic rings. The quantitative estimate of drug-likeness (QED) is 0.520. The molecular weight excluding hydrogens is 344 g/mol. The number of nitriles is 1. The van der Waals surface area contributed by atoms with E-state index >= 15 is 0 Å². The van der Waals surface area contributed by atoms with E-state index in [4.69, 9.17) is 11.6 Å². The number of halogens is 1. The standard InChI is InChI=1S/C22H15ClN2O/c23-18-4-2-5-19(12-18)25-22(26)17(13-24)11-16-10-9-15-8-7-14-3-1-6-20(16)21(14)15/h1-6,9-12H,7-8H2,(H,25,26)/b17-11+. The van der Waals surface area contributed by atoms with E-state index < -0.39 is 5.91 Å². The fraction of sp³-hybridized carbons (Fsp3) is 0.0909. The van der Waals surface area contributed by atoms with Crippen LogP contribution >= 0.6 is 11.6 Å². The van der Waals surface area contributed by atoms with Crippen molar-refractivity contribution in [3.05, 3.63) is 81.9 Å². The highest BCUT2D eigenvalue weighted by Gasteiger charge is 2.16. The third-order valence-corrected chi connectivity index (χ3v) is 4.89. The molecule has 0 saturated carbocycles. The number of hydrogen-bond donors (Lipinski definition) is 1. The lowest BCUT2D eigenvalue weighted by Gasteiger charge is -2.07. The SMILES string of the molecule is N#C/C(=C\c1ccc2c3c(cccc13)CC2)C(=O)Nc1cccc(Cl)c1. The second kappa shape index (κ2) is 6.67. The summed E-state index contributed by atoms with van der Waals surface area (Å²) in [7, 11) is 0. The molecule has 0 atom stereocenters. The summed E-state index contributed by atoms with van der Waals surface area (Å²) in [5.74, 6) is -0.446. The molecule has 0 aliphatic heterocycles. The lowest BCUT2D eigenvalue weighted by Crippen LogP contribution is -2.13. The van der Waals surface area contributed by atoms with Gasteiger partial charge in [-0.15, -0.1) is 0 Å². The molecule has 1 aliphatic rings. The third kappa shape index (κ3) is 2.96. The maximum atomic E-state index is 12.5. The van der Waals surface area contributed by atoms with Gasteiger partial charge in [0.1, 0.15) is 11.6 Å². The van der Waals surface area contributed by atoms with Crippen LogP contribution in [0.5, 0.6) is 0 Å². The van der Waals surface area contributed by atoms with Gasteiger partial charge in [-0.2, -0.15) is 5.26 Å². The maximum Gasteiger partial charge on any atom is 0.266 e. The van der Waals surface area contributed by atoms with Crippen LogP contribution < -0.4 is 5.32 Å². The van der Waals surface area contributed by atoms with Gasteiger partial charge in [0.2, 0.25) is 0 Å². The summed E-state index contributed by atoms with van der Waals surface area (Å²) in [6.07, 6.45) is 3.74. The van der Waals surface area contributed by atoms with E-state index in [9.17, 15) is 10.1 Å². The first-order chi connectivity index (χ1) is 12.7. The summed E-state index contributed by atoms with van der Waals surface area (Å²) in [4.78, 5) is 12.5. The van der Waals surface area contributed by atoms with Gasteiger partial charge in [0, 0.05) is 10.7 Å². The predicted molar refractivity (Wildman–Crippen MR) is 105 cm³/mol. The van der Waals surface area contributed by atoms with Crippen LogP contribution in [0.1, 0.15) is 16.7 Å². The van der Waals surface area contributed by atoms with E-state index in [1.807, 2.05) is 24.3 Å². The molecule has 0 heterocycles. The molecule has 0 unspecified atom stereocenters. The molecule has 1 N–H and O–H groups in total. The fourth-order valence-corrected chi connectivity index (χ4v) is 3.65. The molecule has 3 aromatic carbocycles. The molecule has 4 heteroatoms. The van der Waals surface area contributed by atoms with E-state index in [1.54, 1.807) is 30.3 Å². The van der Waals surface area contributed by atoms with Gasteiger partial charge in [0.05, 0.1) is 0 Å². The Balaban J connectivity index is 1.72. The van der Waals surface area contributed by atoms with Gasteiger partial charge in [0.15, 0.2) is 0 Å². The van der Waals surface area contributed by atoms with Crippen LogP contribution in [-0.4, -0.2) is 5.91 Å². The molecule has 1 aliphatic carbocycles. The number of nitrogens with one attached hydrogen (secondary N) is 1. The maximum absolute atomic E-state index is 12.5. The Bertz CT molecular complexity index is 1100. The van der Waals surface area contributed by atoms with Crippen molar-refractivity contribution in [1.82, 2.24) is 0 Å². The molecule has 3 nitrogen and oxygen atoms in total. The molecule has 0 bridgehead atoms. The minimum atomic E-state index is -0.446. The lowest BCUT2D eigenvalue weighted by molar-refractivity contribution is -0.112. The summed E-state index contributed by atoms with van der Waals surface area (Å²) in [5, 5.41) is 15.1. The number of hydrogen-bond acceptors (Lipinski definition) is 2. The van der Waals surface area contributed by atoms with Crippen LogP contribution in [0.25, 0.3) is 16.8 Å². The minimum absolute atomic E-state index is 0.0590. The number of carbonyl (C=O) groups is 1. The zero-order valence-electron chi connectivity index (χ0n) is 13.9. The van der Waals surface area contributed by atoms with Crippen molar-refractivity contribution in [3.8, 4) is 6.07 Å². The molecule has 0 aromatic heterocycles. The van der Waals surface area contributed by atoms with Crippen LogP contribution in [0.3, 0.4) is 0 Å². The summed E-state index contributed by atoms with van der Waals surface area (Å²) in [5.41, 5.74) is 4.15. The zero-order valence-corrected chi connectivity index (χ0v) is 14.7. The Morgan fingerprint density at radius 3 is 2.62 bits per heavy atom. The third-order valence-electron chi connectivity index (χ3n) is 4.66. The van der Waals surface area contributed by atoms with Crippen molar-refractivity contribution in [2.45, 2.75) is 12.8 Å². The highest BCUT2D eigenvalue weighted by atomic mass is 35.5. The topological polar surface area (TPSA) is 52.9 Å². The van der Waals surface area contributed by atoms with Gasteiger partial charge in [-0.1, -0.05) is 48.0 Å². The number of rotatable bonds is 3. The van der Waals surface area contributed by atoms with E-state index in [0.717, 1.165) is 23.8 Å². The molecular formula is C22H15ClN2O.